The van der Waals surface area contributed by atoms with Gasteiger partial charge in [-0.15, -0.1) is 0 Å². The molecule has 2 saturated heterocycles. The second-order valence-electron chi connectivity index (χ2n) is 6.71. The lowest BCUT2D eigenvalue weighted by atomic mass is 9.89. The molecule has 0 aliphatic carbocycles. The summed E-state index contributed by atoms with van der Waals surface area (Å²) in [5.41, 5.74) is 0.609. The molecule has 2 aliphatic heterocycles. The predicted octanol–water partition coefficient (Wildman–Crippen LogP) is 3.05. The van der Waals surface area contributed by atoms with Crippen molar-refractivity contribution in [2.75, 3.05) is 26.2 Å². The van der Waals surface area contributed by atoms with Gasteiger partial charge in [-0.2, -0.15) is 0 Å². The van der Waals surface area contributed by atoms with Crippen LogP contribution in [0.2, 0.25) is 0 Å². The molecule has 124 valence electrons. The molecule has 2 fully saturated rings. The van der Waals surface area contributed by atoms with Crippen LogP contribution in [0.15, 0.2) is 24.3 Å². The molecule has 0 saturated carbocycles. The van der Waals surface area contributed by atoms with Crippen LogP contribution in [-0.2, 0) is 0 Å². The van der Waals surface area contributed by atoms with Crippen LogP contribution in [0.3, 0.4) is 0 Å². The van der Waals surface area contributed by atoms with Gasteiger partial charge in [0.05, 0.1) is 0 Å². The smallest absolute Gasteiger partial charge is 0.202 e. The Balaban J connectivity index is 1.45. The first-order chi connectivity index (χ1) is 11.1. The zero-order chi connectivity index (χ0) is 16.2. The fourth-order valence-corrected chi connectivity index (χ4v) is 3.70. The van der Waals surface area contributed by atoms with E-state index in [1.807, 2.05) is 0 Å². The Hall–Kier alpha value is -1.62. The summed E-state index contributed by atoms with van der Waals surface area (Å²) in [6.45, 7) is 3.44. The highest BCUT2D eigenvalue weighted by atomic mass is 19.1. The third-order valence-corrected chi connectivity index (χ3v) is 5.19. The summed E-state index contributed by atoms with van der Waals surface area (Å²) in [6.07, 6.45) is 4.66. The van der Waals surface area contributed by atoms with Crippen molar-refractivity contribution in [2.45, 2.75) is 38.1 Å². The molecule has 23 heavy (non-hydrogen) atoms. The minimum absolute atomic E-state index is 0.0409. The lowest BCUT2D eigenvalue weighted by Crippen LogP contribution is -2.38. The molecule has 0 N–H and O–H groups in total. The monoisotopic (exact) mass is 319 g/mol. The van der Waals surface area contributed by atoms with Gasteiger partial charge in [-0.3, -0.25) is 4.79 Å². The molecule has 1 atom stereocenters. The van der Waals surface area contributed by atoms with Crippen LogP contribution in [0.1, 0.15) is 42.5 Å². The Morgan fingerprint density at radius 1 is 1.17 bits per heavy atom. The van der Waals surface area contributed by atoms with Crippen LogP contribution < -0.4 is 0 Å². The Labute approximate surface area is 136 Å². The molecule has 5 heteroatoms. The van der Waals surface area contributed by atoms with Crippen molar-refractivity contribution in [1.29, 1.82) is 0 Å². The maximum Gasteiger partial charge on any atom is 0.202 e. The van der Waals surface area contributed by atoms with Crippen molar-refractivity contribution in [2.24, 2.45) is 5.92 Å². The molecule has 0 aromatic heterocycles. The number of rotatable bonds is 5. The molecular formula is C18H24FN2O2+. The van der Waals surface area contributed by atoms with Gasteiger partial charge >= 0.3 is 0 Å². The average Bonchev–Trinajstić information content (AvgIpc) is 2.99. The maximum absolute atomic E-state index is 12.9. The number of likely N-dealkylation sites (tertiary alicyclic amines) is 1. The van der Waals surface area contributed by atoms with Gasteiger partial charge in [-0.1, -0.05) is 0 Å². The summed E-state index contributed by atoms with van der Waals surface area (Å²) >= 11 is 0. The minimum Gasteiger partial charge on any atom is -0.303 e. The number of nitroso groups, excluding NO2 is 1. The molecule has 0 bridgehead atoms. The maximum atomic E-state index is 12.9. The summed E-state index contributed by atoms with van der Waals surface area (Å²) in [5, 5.41) is 0. The highest BCUT2D eigenvalue weighted by molar-refractivity contribution is 5.97. The van der Waals surface area contributed by atoms with E-state index >= 15 is 0 Å². The van der Waals surface area contributed by atoms with E-state index in [1.165, 1.54) is 16.9 Å². The van der Waals surface area contributed by atoms with Crippen LogP contribution in [0.4, 0.5) is 4.39 Å². The lowest BCUT2D eigenvalue weighted by molar-refractivity contribution is -0.565. The molecule has 1 unspecified atom stereocenters. The standard InChI is InChI=1S/C18H24FN2O2/c19-16-5-3-14(4-6-16)18(22)15-7-11-20(12-8-15)13-9-17-2-1-10-21(17)23/h3-6,15,17H,1-2,7-13H2/q+1. The number of nitrogens with zero attached hydrogens (tertiary/aromatic N) is 2. The summed E-state index contributed by atoms with van der Waals surface area (Å²) in [5.74, 6) is -0.138. The first-order valence-electron chi connectivity index (χ1n) is 8.59. The fraction of sp³-hybridized carbons (Fsp3) is 0.611. The second kappa shape index (κ2) is 7.30. The van der Waals surface area contributed by atoms with E-state index in [2.05, 4.69) is 4.90 Å². The third-order valence-electron chi connectivity index (χ3n) is 5.19. The highest BCUT2D eigenvalue weighted by Crippen LogP contribution is 2.23. The van der Waals surface area contributed by atoms with Crippen LogP contribution in [0, 0.1) is 16.6 Å². The highest BCUT2D eigenvalue weighted by Gasteiger charge is 2.32. The first-order valence-corrected chi connectivity index (χ1v) is 8.59. The van der Waals surface area contributed by atoms with E-state index in [4.69, 9.17) is 0 Å². The zero-order valence-electron chi connectivity index (χ0n) is 13.4. The Kier molecular flexibility index (Phi) is 5.16. The average molecular weight is 319 g/mol. The van der Waals surface area contributed by atoms with Crippen molar-refractivity contribution in [3.8, 4) is 0 Å². The number of carbonyl (C=O) groups is 1. The predicted molar refractivity (Wildman–Crippen MR) is 86.0 cm³/mol. The molecule has 2 aliphatic rings. The first kappa shape index (κ1) is 16.2. The van der Waals surface area contributed by atoms with Crippen molar-refractivity contribution in [3.05, 3.63) is 40.6 Å². The van der Waals surface area contributed by atoms with Crippen molar-refractivity contribution in [3.63, 3.8) is 0 Å². The van der Waals surface area contributed by atoms with Crippen LogP contribution in [-0.4, -0.2) is 47.7 Å². The largest absolute Gasteiger partial charge is 0.303 e. The van der Waals surface area contributed by atoms with Gasteiger partial charge in [-0.25, -0.2) is 4.39 Å². The number of piperidine rings is 1. The molecule has 0 radical (unpaired) electrons. The Morgan fingerprint density at radius 3 is 2.48 bits per heavy atom. The number of hydrogen-bond acceptors (Lipinski definition) is 3. The quantitative estimate of drug-likeness (QED) is 0.619. The SMILES string of the molecule is O=C(c1ccc(F)cc1)C1CCN(CCC2CCC[N+]2=O)CC1. The fourth-order valence-electron chi connectivity index (χ4n) is 3.70. The lowest BCUT2D eigenvalue weighted by Gasteiger charge is -2.31. The van der Waals surface area contributed by atoms with E-state index in [9.17, 15) is 14.1 Å². The summed E-state index contributed by atoms with van der Waals surface area (Å²) in [7, 11) is 0. The molecule has 1 aromatic rings. The van der Waals surface area contributed by atoms with Gasteiger partial charge in [0.1, 0.15) is 5.82 Å². The number of Topliss-reactive ketones (excluding diaryl/α,β-unsaturated/α-hetero) is 1. The molecule has 0 amide bonds. The van der Waals surface area contributed by atoms with E-state index < -0.39 is 0 Å². The van der Waals surface area contributed by atoms with Gasteiger partial charge in [0.25, 0.3) is 0 Å². The van der Waals surface area contributed by atoms with Crippen molar-refractivity contribution >= 4 is 5.78 Å². The van der Waals surface area contributed by atoms with Gasteiger partial charge in [0, 0.05) is 47.0 Å². The topological polar surface area (TPSA) is 40.4 Å². The molecule has 0 spiro atoms. The molecule has 1 aromatic carbocycles. The van der Waals surface area contributed by atoms with E-state index in [0.29, 0.717) is 12.1 Å². The Bertz CT molecular complexity index is 565. The van der Waals surface area contributed by atoms with Gasteiger partial charge < -0.3 is 4.90 Å². The van der Waals surface area contributed by atoms with Crippen LogP contribution in [0.5, 0.6) is 0 Å². The van der Waals surface area contributed by atoms with Crippen LogP contribution in [0.25, 0.3) is 0 Å². The summed E-state index contributed by atoms with van der Waals surface area (Å²) in [6, 6.07) is 6.03. The van der Waals surface area contributed by atoms with E-state index in [0.717, 1.165) is 51.7 Å². The van der Waals surface area contributed by atoms with Crippen LogP contribution >= 0.6 is 0 Å². The minimum atomic E-state index is -0.310. The van der Waals surface area contributed by atoms with Gasteiger partial charge in [0.15, 0.2) is 12.3 Å². The molecule has 4 nitrogen and oxygen atoms in total. The molecule has 2 heterocycles. The Morgan fingerprint density at radius 2 is 1.87 bits per heavy atom. The van der Waals surface area contributed by atoms with Crippen molar-refractivity contribution < 1.29 is 13.9 Å². The number of ketones is 1. The number of halogens is 1. The zero-order valence-corrected chi connectivity index (χ0v) is 13.4. The number of benzene rings is 1. The summed E-state index contributed by atoms with van der Waals surface area (Å²) in [4.78, 5) is 26.4. The molecule has 3 rings (SSSR count). The molecular weight excluding hydrogens is 295 g/mol. The van der Waals surface area contributed by atoms with Crippen molar-refractivity contribution in [1.82, 2.24) is 4.90 Å². The van der Waals surface area contributed by atoms with E-state index in [-0.39, 0.29) is 23.6 Å². The number of carbonyl (C=O) groups excluding carboxylic acids is 1. The summed E-state index contributed by atoms with van der Waals surface area (Å²) < 4.78 is 14.2. The van der Waals surface area contributed by atoms with Gasteiger partial charge in [-0.05, 0) is 50.2 Å². The van der Waals surface area contributed by atoms with E-state index in [1.54, 1.807) is 12.1 Å². The second-order valence-corrected chi connectivity index (χ2v) is 6.71. The number of hydrogen-bond donors (Lipinski definition) is 0. The third kappa shape index (κ3) is 4.02. The normalized spacial score (nSPS) is 23.3. The van der Waals surface area contributed by atoms with Gasteiger partial charge in [0.2, 0.25) is 6.04 Å².